The lowest BCUT2D eigenvalue weighted by Crippen LogP contribution is -2.28. The molecule has 0 aromatic carbocycles. The van der Waals surface area contributed by atoms with E-state index in [2.05, 4.69) is 38.2 Å². The zero-order chi connectivity index (χ0) is 13.2. The fraction of sp³-hybridized carbons (Fsp3) is 0.733. The van der Waals surface area contributed by atoms with Gasteiger partial charge in [-0.15, -0.1) is 11.3 Å². The van der Waals surface area contributed by atoms with Crippen LogP contribution in [0.25, 0.3) is 0 Å². The van der Waals surface area contributed by atoms with E-state index in [1.54, 1.807) is 0 Å². The molecule has 18 heavy (non-hydrogen) atoms. The molecular formula is C15H26N2S. The van der Waals surface area contributed by atoms with Crippen LogP contribution in [0.5, 0.6) is 0 Å². The van der Waals surface area contributed by atoms with Crippen molar-refractivity contribution in [3.8, 4) is 0 Å². The van der Waals surface area contributed by atoms with E-state index in [4.69, 9.17) is 5.73 Å². The molecule has 3 N–H and O–H groups in total. The number of nitrogens with two attached hydrogens (primary N) is 1. The summed E-state index contributed by atoms with van der Waals surface area (Å²) in [6, 6.07) is 4.84. The third kappa shape index (κ3) is 3.81. The van der Waals surface area contributed by atoms with Gasteiger partial charge in [-0.1, -0.05) is 33.6 Å². The Morgan fingerprint density at radius 3 is 2.61 bits per heavy atom. The van der Waals surface area contributed by atoms with Crippen molar-refractivity contribution in [2.45, 2.75) is 51.5 Å². The zero-order valence-electron chi connectivity index (χ0n) is 11.8. The van der Waals surface area contributed by atoms with Gasteiger partial charge in [0.2, 0.25) is 0 Å². The minimum Gasteiger partial charge on any atom is -0.329 e. The van der Waals surface area contributed by atoms with E-state index in [1.807, 2.05) is 11.3 Å². The van der Waals surface area contributed by atoms with E-state index >= 15 is 0 Å². The Morgan fingerprint density at radius 1 is 1.39 bits per heavy atom. The van der Waals surface area contributed by atoms with E-state index in [9.17, 15) is 0 Å². The first-order valence-corrected chi connectivity index (χ1v) is 7.86. The van der Waals surface area contributed by atoms with Gasteiger partial charge >= 0.3 is 0 Å². The van der Waals surface area contributed by atoms with Crippen LogP contribution in [0.15, 0.2) is 12.1 Å². The number of nitrogens with one attached hydrogen (secondary N) is 1. The molecule has 0 aliphatic heterocycles. The second-order valence-corrected chi connectivity index (χ2v) is 7.54. The molecule has 1 aliphatic carbocycles. The number of hydrogen-bond acceptors (Lipinski definition) is 3. The summed E-state index contributed by atoms with van der Waals surface area (Å²) in [6.07, 6.45) is 4.18. The fourth-order valence-electron chi connectivity index (χ4n) is 2.11. The van der Waals surface area contributed by atoms with Crippen molar-refractivity contribution >= 4 is 11.3 Å². The lowest BCUT2D eigenvalue weighted by molar-refractivity contribution is 0.522. The van der Waals surface area contributed by atoms with Crippen LogP contribution in [0.2, 0.25) is 0 Å². The highest BCUT2D eigenvalue weighted by Crippen LogP contribution is 2.33. The van der Waals surface area contributed by atoms with Gasteiger partial charge in [-0.05, 0) is 36.4 Å². The van der Waals surface area contributed by atoms with E-state index < -0.39 is 0 Å². The molecule has 2 nitrogen and oxygen atoms in total. The second kappa shape index (κ2) is 5.72. The molecule has 1 aliphatic rings. The van der Waals surface area contributed by atoms with Crippen molar-refractivity contribution in [3.05, 3.63) is 21.9 Å². The van der Waals surface area contributed by atoms with Crippen LogP contribution in [0.3, 0.4) is 0 Å². The van der Waals surface area contributed by atoms with Gasteiger partial charge in [0.05, 0.1) is 6.04 Å². The Labute approximate surface area is 115 Å². The van der Waals surface area contributed by atoms with E-state index in [1.165, 1.54) is 29.0 Å². The number of thiophene rings is 1. The molecule has 0 radical (unpaired) electrons. The fourth-order valence-corrected chi connectivity index (χ4v) is 3.27. The van der Waals surface area contributed by atoms with Gasteiger partial charge in [-0.2, -0.15) is 0 Å². The summed E-state index contributed by atoms with van der Waals surface area (Å²) in [6.45, 7) is 8.59. The first-order chi connectivity index (χ1) is 8.50. The molecule has 1 saturated carbocycles. The van der Waals surface area contributed by atoms with Gasteiger partial charge in [-0.3, -0.25) is 0 Å². The van der Waals surface area contributed by atoms with Crippen LogP contribution in [0.1, 0.15) is 55.8 Å². The monoisotopic (exact) mass is 266 g/mol. The summed E-state index contributed by atoms with van der Waals surface area (Å²) in [5.41, 5.74) is 6.15. The number of hydrogen-bond donors (Lipinski definition) is 2. The van der Waals surface area contributed by atoms with E-state index in [0.717, 1.165) is 12.5 Å². The highest BCUT2D eigenvalue weighted by atomic mass is 32.1. The number of rotatable bonds is 6. The van der Waals surface area contributed by atoms with Gasteiger partial charge in [0.15, 0.2) is 0 Å². The largest absolute Gasteiger partial charge is 0.329 e. The minimum atomic E-state index is 0.246. The van der Waals surface area contributed by atoms with Gasteiger partial charge in [0, 0.05) is 16.3 Å². The smallest absolute Gasteiger partial charge is 0.0539 e. The van der Waals surface area contributed by atoms with E-state index in [0.29, 0.717) is 12.6 Å². The lowest BCUT2D eigenvalue weighted by Gasteiger charge is -2.17. The average Bonchev–Trinajstić information content (AvgIpc) is 2.97. The van der Waals surface area contributed by atoms with Gasteiger partial charge < -0.3 is 11.1 Å². The molecule has 0 spiro atoms. The molecule has 0 bridgehead atoms. The summed E-state index contributed by atoms with van der Waals surface area (Å²) in [4.78, 5) is 2.83. The molecule has 0 amide bonds. The highest BCUT2D eigenvalue weighted by molar-refractivity contribution is 7.12. The van der Waals surface area contributed by atoms with Gasteiger partial charge in [0.1, 0.15) is 0 Å². The van der Waals surface area contributed by atoms with Crippen molar-refractivity contribution < 1.29 is 0 Å². The molecule has 0 saturated heterocycles. The molecule has 3 heteroatoms. The Hall–Kier alpha value is -0.380. The van der Waals surface area contributed by atoms with Gasteiger partial charge in [-0.25, -0.2) is 0 Å². The normalized spacial score (nSPS) is 18.0. The van der Waals surface area contributed by atoms with Crippen LogP contribution in [-0.2, 0) is 5.41 Å². The molecule has 2 rings (SSSR count). The second-order valence-electron chi connectivity index (χ2n) is 6.43. The lowest BCUT2D eigenvalue weighted by atomic mass is 9.95. The predicted octanol–water partition coefficient (Wildman–Crippen LogP) is 3.44. The van der Waals surface area contributed by atoms with Crippen molar-refractivity contribution in [1.82, 2.24) is 5.32 Å². The Balaban J connectivity index is 1.91. The zero-order valence-corrected chi connectivity index (χ0v) is 12.6. The standard InChI is InChI=1S/C15H26N2S/c1-15(2,3)14-7-6-13(18-14)12(10-16)17-9-8-11-4-5-11/h6-7,11-12,17H,4-5,8-10,16H2,1-3H3. The Kier molecular flexibility index (Phi) is 4.46. The summed E-state index contributed by atoms with van der Waals surface area (Å²) in [5.74, 6) is 0.990. The van der Waals surface area contributed by atoms with Crippen LogP contribution < -0.4 is 11.1 Å². The quantitative estimate of drug-likeness (QED) is 0.828. The third-order valence-corrected chi connectivity index (χ3v) is 5.21. The third-order valence-electron chi connectivity index (χ3n) is 3.59. The Bertz CT molecular complexity index is 374. The van der Waals surface area contributed by atoms with E-state index in [-0.39, 0.29) is 5.41 Å². The van der Waals surface area contributed by atoms with Crippen LogP contribution >= 0.6 is 11.3 Å². The average molecular weight is 266 g/mol. The first kappa shape index (κ1) is 14.0. The van der Waals surface area contributed by atoms with Crippen molar-refractivity contribution in [2.75, 3.05) is 13.1 Å². The molecule has 1 unspecified atom stereocenters. The maximum atomic E-state index is 5.90. The molecular weight excluding hydrogens is 240 g/mol. The topological polar surface area (TPSA) is 38.0 Å². The molecule has 1 aromatic rings. The predicted molar refractivity (Wildman–Crippen MR) is 80.2 cm³/mol. The summed E-state index contributed by atoms with van der Waals surface area (Å²) in [5, 5.41) is 3.61. The van der Waals surface area contributed by atoms with Crippen molar-refractivity contribution in [1.29, 1.82) is 0 Å². The highest BCUT2D eigenvalue weighted by Gasteiger charge is 2.22. The maximum Gasteiger partial charge on any atom is 0.0539 e. The minimum absolute atomic E-state index is 0.246. The SMILES string of the molecule is CC(C)(C)c1ccc(C(CN)NCCC2CC2)s1. The summed E-state index contributed by atoms with van der Waals surface area (Å²) < 4.78 is 0. The van der Waals surface area contributed by atoms with Gasteiger partial charge in [0.25, 0.3) is 0 Å². The molecule has 1 fully saturated rings. The summed E-state index contributed by atoms with van der Waals surface area (Å²) >= 11 is 1.90. The molecule has 1 heterocycles. The van der Waals surface area contributed by atoms with Crippen LogP contribution in [-0.4, -0.2) is 13.1 Å². The summed E-state index contributed by atoms with van der Waals surface area (Å²) in [7, 11) is 0. The molecule has 1 atom stereocenters. The molecule has 1 aromatic heterocycles. The molecule has 102 valence electrons. The van der Waals surface area contributed by atoms with Crippen LogP contribution in [0, 0.1) is 5.92 Å². The Morgan fingerprint density at radius 2 is 2.11 bits per heavy atom. The van der Waals surface area contributed by atoms with Crippen molar-refractivity contribution in [3.63, 3.8) is 0 Å². The van der Waals surface area contributed by atoms with Crippen molar-refractivity contribution in [2.24, 2.45) is 11.7 Å². The van der Waals surface area contributed by atoms with Crippen LogP contribution in [0.4, 0.5) is 0 Å². The maximum absolute atomic E-state index is 5.90. The first-order valence-electron chi connectivity index (χ1n) is 7.04.